The van der Waals surface area contributed by atoms with Crippen molar-refractivity contribution in [3.05, 3.63) is 52.9 Å². The largest absolute Gasteiger partial charge is 0.376 e. The van der Waals surface area contributed by atoms with Gasteiger partial charge in [0.05, 0.1) is 12.7 Å². The van der Waals surface area contributed by atoms with Crippen LogP contribution in [0.1, 0.15) is 4.88 Å². The highest BCUT2D eigenvalue weighted by atomic mass is 32.1. The number of aromatic nitrogens is 1. The summed E-state index contributed by atoms with van der Waals surface area (Å²) < 4.78 is 5.93. The van der Waals surface area contributed by atoms with E-state index in [9.17, 15) is 4.79 Å². The zero-order valence-corrected chi connectivity index (χ0v) is 14.7. The Morgan fingerprint density at radius 1 is 1.36 bits per heavy atom. The normalized spacial score (nSPS) is 25.4. The topological polar surface area (TPSA) is 54.5 Å². The summed E-state index contributed by atoms with van der Waals surface area (Å²) in [6, 6.07) is 9.84. The average molecular weight is 355 g/mol. The zero-order valence-electron chi connectivity index (χ0n) is 13.9. The van der Waals surface area contributed by atoms with Gasteiger partial charge in [0.2, 0.25) is 5.91 Å². The van der Waals surface area contributed by atoms with Crippen LogP contribution < -0.4 is 5.32 Å². The lowest BCUT2D eigenvalue weighted by atomic mass is 9.93. The third-order valence-corrected chi connectivity index (χ3v) is 5.73. The Balaban J connectivity index is 1.32. The van der Waals surface area contributed by atoms with Crippen molar-refractivity contribution >= 4 is 29.1 Å². The van der Waals surface area contributed by atoms with E-state index in [1.165, 1.54) is 0 Å². The van der Waals surface area contributed by atoms with Gasteiger partial charge in [0.15, 0.2) is 0 Å². The smallest absolute Gasteiger partial charge is 0.246 e. The van der Waals surface area contributed by atoms with Crippen molar-refractivity contribution in [1.82, 2.24) is 9.88 Å². The Kier molecular flexibility index (Phi) is 4.81. The predicted molar refractivity (Wildman–Crippen MR) is 99.4 cm³/mol. The molecule has 130 valence electrons. The number of amides is 1. The van der Waals surface area contributed by atoms with E-state index in [1.807, 2.05) is 46.7 Å². The van der Waals surface area contributed by atoms with Crippen LogP contribution in [-0.4, -0.2) is 48.1 Å². The molecule has 0 bridgehead atoms. The number of pyridine rings is 1. The summed E-state index contributed by atoms with van der Waals surface area (Å²) in [6.45, 7) is 3.04. The molecule has 0 radical (unpaired) electrons. The maximum Gasteiger partial charge on any atom is 0.246 e. The molecular weight excluding hydrogens is 334 g/mol. The first-order valence-corrected chi connectivity index (χ1v) is 9.44. The second-order valence-electron chi connectivity index (χ2n) is 6.48. The molecule has 5 nitrogen and oxygen atoms in total. The van der Waals surface area contributed by atoms with Crippen molar-refractivity contribution < 1.29 is 9.53 Å². The highest BCUT2D eigenvalue weighted by Crippen LogP contribution is 2.34. The molecule has 2 aliphatic heterocycles. The standard InChI is InChI=1S/C19H21N3O2S/c23-19(7-6-15-4-3-9-25-15)22-11-16-14(13-24-17(16)12-22)10-21-18-5-1-2-8-20-18/h1-9,14,16-17H,10-13H2,(H,20,21)/b7-6+/t14-,16+,17+/m1/s1. The van der Waals surface area contributed by atoms with E-state index in [-0.39, 0.29) is 12.0 Å². The summed E-state index contributed by atoms with van der Waals surface area (Å²) in [5.74, 6) is 1.76. The minimum Gasteiger partial charge on any atom is -0.376 e. The molecule has 2 aromatic heterocycles. The maximum absolute atomic E-state index is 12.4. The molecule has 0 unspecified atom stereocenters. The van der Waals surface area contributed by atoms with Crippen LogP contribution in [0, 0.1) is 11.8 Å². The van der Waals surface area contributed by atoms with E-state index in [0.29, 0.717) is 18.4 Å². The van der Waals surface area contributed by atoms with Gasteiger partial charge in [-0.1, -0.05) is 12.1 Å². The number of carbonyl (C=O) groups is 1. The SMILES string of the molecule is O=C(/C=C/c1cccs1)N1C[C@H]2[C@H](CNc3ccccn3)CO[C@H]2C1. The highest BCUT2D eigenvalue weighted by Gasteiger charge is 2.44. The minimum atomic E-state index is 0.0721. The molecule has 0 aromatic carbocycles. The van der Waals surface area contributed by atoms with Gasteiger partial charge in [0.1, 0.15) is 5.82 Å². The van der Waals surface area contributed by atoms with Crippen LogP contribution >= 0.6 is 11.3 Å². The number of ether oxygens (including phenoxy) is 1. The van der Waals surface area contributed by atoms with Crippen LogP contribution in [0.2, 0.25) is 0 Å². The van der Waals surface area contributed by atoms with Gasteiger partial charge in [-0.25, -0.2) is 4.98 Å². The fraction of sp³-hybridized carbons (Fsp3) is 0.368. The first kappa shape index (κ1) is 16.3. The first-order chi connectivity index (χ1) is 12.3. The molecule has 4 heterocycles. The predicted octanol–water partition coefficient (Wildman–Crippen LogP) is 2.74. The lowest BCUT2D eigenvalue weighted by molar-refractivity contribution is -0.125. The zero-order chi connectivity index (χ0) is 17.1. The lowest BCUT2D eigenvalue weighted by Gasteiger charge is -2.19. The quantitative estimate of drug-likeness (QED) is 0.838. The van der Waals surface area contributed by atoms with Crippen molar-refractivity contribution in [2.24, 2.45) is 11.8 Å². The molecule has 1 N–H and O–H groups in total. The van der Waals surface area contributed by atoms with Crippen molar-refractivity contribution in [3.63, 3.8) is 0 Å². The van der Waals surface area contributed by atoms with Crippen LogP contribution in [0.25, 0.3) is 6.08 Å². The van der Waals surface area contributed by atoms with Gasteiger partial charge in [-0.2, -0.15) is 0 Å². The fourth-order valence-electron chi connectivity index (χ4n) is 3.54. The molecule has 25 heavy (non-hydrogen) atoms. The van der Waals surface area contributed by atoms with Gasteiger partial charge >= 0.3 is 0 Å². The summed E-state index contributed by atoms with van der Waals surface area (Å²) >= 11 is 1.63. The molecule has 2 saturated heterocycles. The molecule has 0 saturated carbocycles. The molecule has 3 atom stereocenters. The van der Waals surface area contributed by atoms with E-state index in [2.05, 4.69) is 10.3 Å². The fourth-order valence-corrected chi connectivity index (χ4v) is 4.16. The van der Waals surface area contributed by atoms with Crippen molar-refractivity contribution in [2.75, 3.05) is 31.6 Å². The molecular formula is C19H21N3O2S. The van der Waals surface area contributed by atoms with Gasteiger partial charge < -0.3 is 15.0 Å². The first-order valence-electron chi connectivity index (χ1n) is 8.56. The van der Waals surface area contributed by atoms with Gasteiger partial charge in [-0.05, 0) is 29.7 Å². The number of hydrogen-bond acceptors (Lipinski definition) is 5. The van der Waals surface area contributed by atoms with E-state index in [1.54, 1.807) is 23.6 Å². The number of fused-ring (bicyclic) bond motifs is 1. The van der Waals surface area contributed by atoms with Crippen LogP contribution in [0.5, 0.6) is 0 Å². The number of anilines is 1. The third kappa shape index (κ3) is 3.75. The van der Waals surface area contributed by atoms with Gasteiger partial charge in [0.25, 0.3) is 0 Å². The van der Waals surface area contributed by atoms with Gasteiger partial charge in [-0.3, -0.25) is 4.79 Å². The second-order valence-corrected chi connectivity index (χ2v) is 7.46. The Bertz CT molecular complexity index is 732. The van der Waals surface area contributed by atoms with Crippen LogP contribution in [-0.2, 0) is 9.53 Å². The van der Waals surface area contributed by atoms with Gasteiger partial charge in [0, 0.05) is 48.6 Å². The number of nitrogens with zero attached hydrogens (tertiary/aromatic N) is 2. The van der Waals surface area contributed by atoms with Gasteiger partial charge in [-0.15, -0.1) is 11.3 Å². The molecule has 1 amide bonds. The summed E-state index contributed by atoms with van der Waals surface area (Å²) in [6.07, 6.45) is 5.51. The minimum absolute atomic E-state index is 0.0721. The average Bonchev–Trinajstić information content (AvgIpc) is 3.36. The van der Waals surface area contributed by atoms with Crippen LogP contribution in [0.3, 0.4) is 0 Å². The Labute approximate surface area is 151 Å². The summed E-state index contributed by atoms with van der Waals surface area (Å²) in [5.41, 5.74) is 0. The molecule has 6 heteroatoms. The molecule has 0 spiro atoms. The van der Waals surface area contributed by atoms with E-state index in [4.69, 9.17) is 4.74 Å². The number of nitrogens with one attached hydrogen (secondary N) is 1. The van der Waals surface area contributed by atoms with Crippen LogP contribution in [0.15, 0.2) is 48.0 Å². The second kappa shape index (κ2) is 7.37. The molecule has 2 fully saturated rings. The van der Waals surface area contributed by atoms with Crippen LogP contribution in [0.4, 0.5) is 5.82 Å². The van der Waals surface area contributed by atoms with E-state index >= 15 is 0 Å². The summed E-state index contributed by atoms with van der Waals surface area (Å²) in [7, 11) is 0. The Morgan fingerprint density at radius 3 is 3.12 bits per heavy atom. The van der Waals surface area contributed by atoms with Crippen molar-refractivity contribution in [1.29, 1.82) is 0 Å². The maximum atomic E-state index is 12.4. The Morgan fingerprint density at radius 2 is 2.32 bits per heavy atom. The van der Waals surface area contributed by atoms with Crippen molar-refractivity contribution in [3.8, 4) is 0 Å². The number of hydrogen-bond donors (Lipinski definition) is 1. The highest BCUT2D eigenvalue weighted by molar-refractivity contribution is 7.10. The number of carbonyl (C=O) groups excluding carboxylic acids is 1. The summed E-state index contributed by atoms with van der Waals surface area (Å²) in [5, 5.41) is 5.39. The lowest BCUT2D eigenvalue weighted by Crippen LogP contribution is -2.31. The number of thiophene rings is 1. The molecule has 2 aromatic rings. The number of likely N-dealkylation sites (tertiary alicyclic amines) is 1. The molecule has 4 rings (SSSR count). The van der Waals surface area contributed by atoms with E-state index in [0.717, 1.165) is 30.4 Å². The third-order valence-electron chi connectivity index (χ3n) is 4.89. The molecule has 0 aliphatic carbocycles. The van der Waals surface area contributed by atoms with Crippen molar-refractivity contribution in [2.45, 2.75) is 6.10 Å². The molecule has 2 aliphatic rings. The Hall–Kier alpha value is -2.18. The summed E-state index contributed by atoms with van der Waals surface area (Å²) in [4.78, 5) is 19.7. The monoisotopic (exact) mass is 355 g/mol. The number of rotatable bonds is 5. The van der Waals surface area contributed by atoms with E-state index < -0.39 is 0 Å².